The van der Waals surface area contributed by atoms with Gasteiger partial charge in [-0.15, -0.1) is 0 Å². The van der Waals surface area contributed by atoms with E-state index in [2.05, 4.69) is 20.2 Å². The van der Waals surface area contributed by atoms with Crippen LogP contribution in [0.15, 0.2) is 73.8 Å². The highest BCUT2D eigenvalue weighted by molar-refractivity contribution is 5.36. The molecule has 0 amide bonds. The van der Waals surface area contributed by atoms with Crippen molar-refractivity contribution in [3.05, 3.63) is 94.1 Å². The van der Waals surface area contributed by atoms with Crippen LogP contribution < -0.4 is 9.47 Å². The number of hydrogen-bond acceptors (Lipinski definition) is 10. The van der Waals surface area contributed by atoms with Crippen LogP contribution in [0.1, 0.15) is 0 Å². The summed E-state index contributed by atoms with van der Waals surface area (Å²) in [6.45, 7) is 0.440. The summed E-state index contributed by atoms with van der Waals surface area (Å²) in [5, 5.41) is 28.5. The second-order valence-electron chi connectivity index (χ2n) is 5.92. The van der Waals surface area contributed by atoms with E-state index < -0.39 is 9.85 Å². The first kappa shape index (κ1) is 21.8. The molecule has 0 spiro atoms. The van der Waals surface area contributed by atoms with Gasteiger partial charge >= 0.3 is 0 Å². The molecule has 0 atom stereocenters. The topological polar surface area (TPSA) is 166 Å². The summed E-state index contributed by atoms with van der Waals surface area (Å²) in [5.74, 6) is 1.09. The van der Waals surface area contributed by atoms with Crippen molar-refractivity contribution in [2.24, 2.45) is 0 Å². The lowest BCUT2D eigenvalue weighted by atomic mass is 10.3. The van der Waals surface area contributed by atoms with E-state index in [1.807, 2.05) is 0 Å². The summed E-state index contributed by atoms with van der Waals surface area (Å²) in [6.07, 6.45) is 5.84. The molecule has 14 heteroatoms. The Hall–Kier alpha value is -4.88. The van der Waals surface area contributed by atoms with E-state index in [4.69, 9.17) is 9.47 Å². The monoisotopic (exact) mass is 440 g/mol. The number of nitrogens with zero attached hydrogens (tertiary/aromatic N) is 8. The molecule has 0 aliphatic heterocycles. The zero-order valence-corrected chi connectivity index (χ0v) is 16.4. The van der Waals surface area contributed by atoms with Gasteiger partial charge in [0.1, 0.15) is 36.8 Å². The van der Waals surface area contributed by atoms with Crippen LogP contribution in [-0.2, 0) is 13.5 Å². The van der Waals surface area contributed by atoms with Crippen LogP contribution in [0, 0.1) is 20.2 Å². The first-order valence-corrected chi connectivity index (χ1v) is 8.90. The number of nitro groups is 2. The first-order valence-electron chi connectivity index (χ1n) is 8.90. The largest absolute Gasteiger partial charge is 0.471 e. The Balaban J connectivity index is 0.000000181. The van der Waals surface area contributed by atoms with E-state index in [9.17, 15) is 20.2 Å². The highest BCUT2D eigenvalue weighted by atomic mass is 16.6. The second-order valence-corrected chi connectivity index (χ2v) is 5.92. The number of aromatic nitrogens is 6. The molecule has 4 aromatic rings. The quantitative estimate of drug-likeness (QED) is 0.293. The van der Waals surface area contributed by atoms with Crippen LogP contribution in [0.4, 0.5) is 11.4 Å². The molecule has 4 rings (SSSR count). The molecule has 0 N–H and O–H groups in total. The van der Waals surface area contributed by atoms with Gasteiger partial charge in [0.15, 0.2) is 13.5 Å². The highest BCUT2D eigenvalue weighted by Gasteiger charge is 2.05. The first-order chi connectivity index (χ1) is 15.5. The molecule has 0 saturated heterocycles. The molecule has 0 bridgehead atoms. The number of nitro benzene ring substituents is 2. The molecule has 0 aliphatic rings. The number of non-ortho nitro benzene ring substituents is 2. The van der Waals surface area contributed by atoms with E-state index >= 15 is 0 Å². The van der Waals surface area contributed by atoms with E-state index in [0.717, 1.165) is 0 Å². The molecule has 0 fully saturated rings. The van der Waals surface area contributed by atoms with Gasteiger partial charge in [-0.2, -0.15) is 10.2 Å². The summed E-state index contributed by atoms with van der Waals surface area (Å²) in [6, 6.07) is 11.7. The lowest BCUT2D eigenvalue weighted by molar-refractivity contribution is -0.385. The highest BCUT2D eigenvalue weighted by Crippen LogP contribution is 2.18. The Morgan fingerprint density at radius 3 is 1.34 bits per heavy atom. The van der Waals surface area contributed by atoms with Crippen molar-refractivity contribution >= 4 is 11.4 Å². The van der Waals surface area contributed by atoms with Gasteiger partial charge in [0.2, 0.25) is 0 Å². The SMILES string of the molecule is O=[N+]([O-])c1ccc(OCn2cncn2)cc1.O=[N+]([O-])c1ccc(OCn2cncn2)cc1. The summed E-state index contributed by atoms with van der Waals surface area (Å²) < 4.78 is 13.6. The molecule has 0 saturated carbocycles. The normalized spacial score (nSPS) is 10.0. The maximum absolute atomic E-state index is 10.4. The fourth-order valence-electron chi connectivity index (χ4n) is 2.21. The predicted molar refractivity (Wildman–Crippen MR) is 107 cm³/mol. The molecule has 0 unspecified atom stereocenters. The Labute approximate surface area is 180 Å². The molecule has 2 aromatic heterocycles. The summed E-state index contributed by atoms with van der Waals surface area (Å²) in [7, 11) is 0. The second kappa shape index (κ2) is 10.8. The molecule has 2 heterocycles. The number of rotatable bonds is 8. The minimum atomic E-state index is -0.457. The van der Waals surface area contributed by atoms with Crippen LogP contribution in [0.3, 0.4) is 0 Å². The molecule has 164 valence electrons. The third-order valence-electron chi connectivity index (χ3n) is 3.76. The van der Waals surface area contributed by atoms with Crippen molar-refractivity contribution < 1.29 is 19.3 Å². The van der Waals surface area contributed by atoms with Gasteiger partial charge in [-0.05, 0) is 24.3 Å². The van der Waals surface area contributed by atoms with Crippen LogP contribution in [-0.4, -0.2) is 39.4 Å². The summed E-state index contributed by atoms with van der Waals surface area (Å²) >= 11 is 0. The van der Waals surface area contributed by atoms with Gasteiger partial charge in [-0.3, -0.25) is 20.2 Å². The van der Waals surface area contributed by atoms with Crippen LogP contribution >= 0.6 is 0 Å². The molecule has 14 nitrogen and oxygen atoms in total. The van der Waals surface area contributed by atoms with Crippen molar-refractivity contribution in [2.75, 3.05) is 0 Å². The Bertz CT molecular complexity index is 1020. The lowest BCUT2D eigenvalue weighted by Crippen LogP contribution is -2.05. The van der Waals surface area contributed by atoms with Gasteiger partial charge in [-0.25, -0.2) is 19.3 Å². The van der Waals surface area contributed by atoms with Gasteiger partial charge in [-0.1, -0.05) is 0 Å². The zero-order valence-electron chi connectivity index (χ0n) is 16.4. The number of hydrogen-bond donors (Lipinski definition) is 0. The fraction of sp³-hybridized carbons (Fsp3) is 0.111. The third kappa shape index (κ3) is 6.58. The summed E-state index contributed by atoms with van der Waals surface area (Å²) in [4.78, 5) is 27.4. The maximum atomic E-state index is 10.4. The molecule has 0 radical (unpaired) electrons. The van der Waals surface area contributed by atoms with Crippen molar-refractivity contribution in [3.63, 3.8) is 0 Å². The molecule has 0 aliphatic carbocycles. The van der Waals surface area contributed by atoms with E-state index in [1.54, 1.807) is 0 Å². The Morgan fingerprint density at radius 1 is 0.688 bits per heavy atom. The lowest BCUT2D eigenvalue weighted by Gasteiger charge is -2.04. The van der Waals surface area contributed by atoms with Crippen LogP contribution in [0.2, 0.25) is 0 Å². The average Bonchev–Trinajstić information content (AvgIpc) is 3.51. The van der Waals surface area contributed by atoms with Crippen molar-refractivity contribution in [1.82, 2.24) is 29.5 Å². The van der Waals surface area contributed by atoms with E-state index in [0.29, 0.717) is 11.5 Å². The molecule has 2 aromatic carbocycles. The average molecular weight is 440 g/mol. The predicted octanol–water partition coefficient (Wildman–Crippen LogP) is 2.45. The smallest absolute Gasteiger partial charge is 0.269 e. The molecular formula is C18H16N8O6. The Morgan fingerprint density at radius 2 is 1.06 bits per heavy atom. The van der Waals surface area contributed by atoms with Crippen LogP contribution in [0.25, 0.3) is 0 Å². The van der Waals surface area contributed by atoms with Crippen molar-refractivity contribution in [1.29, 1.82) is 0 Å². The minimum Gasteiger partial charge on any atom is -0.471 e. The number of ether oxygens (including phenoxy) is 2. The van der Waals surface area contributed by atoms with Gasteiger partial charge in [0.05, 0.1) is 9.85 Å². The maximum Gasteiger partial charge on any atom is 0.269 e. The minimum absolute atomic E-state index is 0.0353. The third-order valence-corrected chi connectivity index (χ3v) is 3.76. The fourth-order valence-corrected chi connectivity index (χ4v) is 2.21. The molecule has 32 heavy (non-hydrogen) atoms. The van der Waals surface area contributed by atoms with Gasteiger partial charge in [0.25, 0.3) is 11.4 Å². The van der Waals surface area contributed by atoms with Gasteiger partial charge in [0, 0.05) is 24.3 Å². The zero-order chi connectivity index (χ0) is 22.8. The standard InChI is InChI=1S/2C9H8N4O3/c2*14-13(15)8-1-3-9(4-2-8)16-7-12-6-10-5-11-12/h2*1-6H,7H2. The van der Waals surface area contributed by atoms with Crippen molar-refractivity contribution in [3.8, 4) is 11.5 Å². The van der Waals surface area contributed by atoms with Crippen LogP contribution in [0.5, 0.6) is 11.5 Å². The molecular weight excluding hydrogens is 424 g/mol. The number of benzene rings is 2. The van der Waals surface area contributed by atoms with Crippen molar-refractivity contribution in [2.45, 2.75) is 13.5 Å². The van der Waals surface area contributed by atoms with Gasteiger partial charge < -0.3 is 9.47 Å². The van der Waals surface area contributed by atoms with E-state index in [1.165, 1.54) is 83.2 Å². The van der Waals surface area contributed by atoms with E-state index in [-0.39, 0.29) is 24.8 Å². The Kier molecular flexibility index (Phi) is 7.34. The summed E-state index contributed by atoms with van der Waals surface area (Å²) in [5.41, 5.74) is 0.0706.